The largest absolute Gasteiger partial charge is 0.493 e. The van der Waals surface area contributed by atoms with Crippen molar-refractivity contribution in [2.75, 3.05) is 42.8 Å². The van der Waals surface area contributed by atoms with Crippen LogP contribution in [0.3, 0.4) is 0 Å². The van der Waals surface area contributed by atoms with Gasteiger partial charge in [0.15, 0.2) is 11.5 Å². The van der Waals surface area contributed by atoms with Crippen LogP contribution in [0.4, 0.5) is 11.4 Å². The van der Waals surface area contributed by atoms with E-state index in [4.69, 9.17) is 9.47 Å². The molecule has 0 bridgehead atoms. The maximum absolute atomic E-state index is 12.3. The summed E-state index contributed by atoms with van der Waals surface area (Å²) in [5.41, 5.74) is 1.35. The Kier molecular flexibility index (Phi) is 8.54. The molecule has 9 nitrogen and oxygen atoms in total. The van der Waals surface area contributed by atoms with Gasteiger partial charge in [0.1, 0.15) is 0 Å². The third kappa shape index (κ3) is 7.30. The van der Waals surface area contributed by atoms with Crippen LogP contribution in [0.1, 0.15) is 24.9 Å². The first-order chi connectivity index (χ1) is 14.6. The topological polar surface area (TPSA) is 123 Å². The maximum atomic E-state index is 12.3. The van der Waals surface area contributed by atoms with Gasteiger partial charge < -0.3 is 14.8 Å². The SMILES string of the molecule is CCCS(=O)(=O)NCC(Nc1cc[c]cc1)c1ccc(OC)c(OC)c1NS(C)(=O)=O. The van der Waals surface area contributed by atoms with Crippen LogP contribution in [0.15, 0.2) is 36.4 Å². The van der Waals surface area contributed by atoms with E-state index >= 15 is 0 Å². The monoisotopic (exact) mass is 470 g/mol. The van der Waals surface area contributed by atoms with Crippen molar-refractivity contribution >= 4 is 31.4 Å². The fourth-order valence-corrected chi connectivity index (χ4v) is 4.68. The van der Waals surface area contributed by atoms with Gasteiger partial charge in [-0.3, -0.25) is 4.72 Å². The van der Waals surface area contributed by atoms with Gasteiger partial charge in [-0.2, -0.15) is 0 Å². The number of benzene rings is 2. The zero-order valence-corrected chi connectivity index (χ0v) is 19.6. The van der Waals surface area contributed by atoms with E-state index in [1.54, 1.807) is 43.3 Å². The Labute approximate surface area is 184 Å². The minimum Gasteiger partial charge on any atom is -0.493 e. The lowest BCUT2D eigenvalue weighted by Crippen LogP contribution is -2.33. The number of rotatable bonds is 12. The molecular weight excluding hydrogens is 442 g/mol. The average Bonchev–Trinajstić information content (AvgIpc) is 2.70. The molecule has 0 amide bonds. The van der Waals surface area contributed by atoms with E-state index in [-0.39, 0.29) is 23.7 Å². The van der Waals surface area contributed by atoms with Crippen molar-refractivity contribution in [1.82, 2.24) is 4.72 Å². The van der Waals surface area contributed by atoms with E-state index in [1.165, 1.54) is 14.2 Å². The molecule has 1 radical (unpaired) electrons. The van der Waals surface area contributed by atoms with Crippen LogP contribution in [0.25, 0.3) is 0 Å². The second kappa shape index (κ2) is 10.7. The lowest BCUT2D eigenvalue weighted by Gasteiger charge is -2.25. The molecule has 2 aromatic rings. The predicted molar refractivity (Wildman–Crippen MR) is 122 cm³/mol. The molecule has 0 heterocycles. The van der Waals surface area contributed by atoms with Crippen molar-refractivity contribution in [1.29, 1.82) is 0 Å². The molecule has 0 aliphatic carbocycles. The van der Waals surface area contributed by atoms with Gasteiger partial charge in [-0.1, -0.05) is 25.1 Å². The van der Waals surface area contributed by atoms with Gasteiger partial charge >= 0.3 is 0 Å². The molecular formula is C20H28N3O6S2. The smallest absolute Gasteiger partial charge is 0.229 e. The average molecular weight is 471 g/mol. The van der Waals surface area contributed by atoms with Crippen molar-refractivity contribution in [3.05, 3.63) is 48.0 Å². The lowest BCUT2D eigenvalue weighted by molar-refractivity contribution is 0.356. The first-order valence-electron chi connectivity index (χ1n) is 9.52. The molecule has 0 saturated carbocycles. The minimum atomic E-state index is -3.67. The molecule has 0 aliphatic rings. The van der Waals surface area contributed by atoms with Gasteiger partial charge in [-0.25, -0.2) is 21.6 Å². The van der Waals surface area contributed by atoms with Crippen LogP contribution in [0, 0.1) is 6.07 Å². The fourth-order valence-electron chi connectivity index (χ4n) is 3.00. The zero-order chi connectivity index (χ0) is 23.1. The van der Waals surface area contributed by atoms with E-state index in [0.29, 0.717) is 23.4 Å². The third-order valence-corrected chi connectivity index (χ3v) is 6.41. The number of hydrogen-bond donors (Lipinski definition) is 3. The second-order valence-corrected chi connectivity index (χ2v) is 10.5. The molecule has 1 unspecified atom stereocenters. The van der Waals surface area contributed by atoms with Gasteiger partial charge in [-0.05, 0) is 30.7 Å². The summed E-state index contributed by atoms with van der Waals surface area (Å²) in [7, 11) is -4.33. The highest BCUT2D eigenvalue weighted by atomic mass is 32.2. The Bertz CT molecular complexity index is 1070. The summed E-state index contributed by atoms with van der Waals surface area (Å²) in [6.45, 7) is 1.76. The van der Waals surface area contributed by atoms with E-state index < -0.39 is 26.1 Å². The van der Waals surface area contributed by atoms with Crippen LogP contribution in [-0.4, -0.2) is 49.6 Å². The third-order valence-electron chi connectivity index (χ3n) is 4.28. The van der Waals surface area contributed by atoms with Crippen LogP contribution in [0.5, 0.6) is 11.5 Å². The number of anilines is 2. The molecule has 1 atom stereocenters. The molecule has 2 aromatic carbocycles. The summed E-state index contributed by atoms with van der Waals surface area (Å²) >= 11 is 0. The summed E-state index contributed by atoms with van der Waals surface area (Å²) in [5, 5.41) is 3.25. The first-order valence-corrected chi connectivity index (χ1v) is 13.1. The van der Waals surface area contributed by atoms with Gasteiger partial charge in [0.05, 0.1) is 38.0 Å². The number of sulfonamides is 2. The summed E-state index contributed by atoms with van der Waals surface area (Å²) < 4.78 is 64.4. The van der Waals surface area contributed by atoms with Gasteiger partial charge in [-0.15, -0.1) is 0 Å². The van der Waals surface area contributed by atoms with Crippen LogP contribution < -0.4 is 24.2 Å². The van der Waals surface area contributed by atoms with Crippen LogP contribution >= 0.6 is 0 Å². The Morgan fingerprint density at radius 3 is 2.26 bits per heavy atom. The molecule has 0 saturated heterocycles. The summed E-state index contributed by atoms with van der Waals surface area (Å²) in [6, 6.07) is 12.6. The highest BCUT2D eigenvalue weighted by Crippen LogP contribution is 2.41. The molecule has 0 aromatic heterocycles. The molecule has 0 spiro atoms. The molecule has 2 rings (SSSR count). The predicted octanol–water partition coefficient (Wildman–Crippen LogP) is 2.36. The number of nitrogens with one attached hydrogen (secondary N) is 3. The van der Waals surface area contributed by atoms with E-state index in [2.05, 4.69) is 20.8 Å². The highest BCUT2D eigenvalue weighted by molar-refractivity contribution is 7.92. The standard InChI is InChI=1S/C20H28N3O6S2/c1-5-13-31(26,27)21-14-17(22-15-9-7-6-8-10-15)16-11-12-18(28-2)20(29-3)19(16)23-30(4,24)25/h7-12,17,21-23H,5,13-14H2,1-4H3. The molecule has 31 heavy (non-hydrogen) atoms. The van der Waals surface area contributed by atoms with Gasteiger partial charge in [0.2, 0.25) is 20.0 Å². The Balaban J connectivity index is 2.57. The number of ether oxygens (including phenoxy) is 2. The van der Waals surface area contributed by atoms with Gasteiger partial charge in [0, 0.05) is 17.8 Å². The van der Waals surface area contributed by atoms with Gasteiger partial charge in [0.25, 0.3) is 0 Å². The Morgan fingerprint density at radius 1 is 1.03 bits per heavy atom. The maximum Gasteiger partial charge on any atom is 0.229 e. The quantitative estimate of drug-likeness (QED) is 0.435. The van der Waals surface area contributed by atoms with Crippen molar-refractivity contribution in [2.45, 2.75) is 19.4 Å². The molecule has 0 aliphatic heterocycles. The van der Waals surface area contributed by atoms with E-state index in [9.17, 15) is 16.8 Å². The van der Waals surface area contributed by atoms with Crippen LogP contribution in [0.2, 0.25) is 0 Å². The van der Waals surface area contributed by atoms with E-state index in [0.717, 1.165) is 6.26 Å². The Morgan fingerprint density at radius 2 is 1.71 bits per heavy atom. The molecule has 3 N–H and O–H groups in total. The van der Waals surface area contributed by atoms with Crippen molar-refractivity contribution < 1.29 is 26.3 Å². The van der Waals surface area contributed by atoms with E-state index in [1.807, 2.05) is 0 Å². The zero-order valence-electron chi connectivity index (χ0n) is 17.9. The fraction of sp³-hybridized carbons (Fsp3) is 0.400. The normalized spacial score (nSPS) is 12.8. The minimum absolute atomic E-state index is 0.0135. The summed E-state index contributed by atoms with van der Waals surface area (Å²) in [4.78, 5) is 0. The van der Waals surface area contributed by atoms with Crippen LogP contribution in [-0.2, 0) is 20.0 Å². The first kappa shape index (κ1) is 24.8. The highest BCUT2D eigenvalue weighted by Gasteiger charge is 2.25. The number of methoxy groups -OCH3 is 2. The number of hydrogen-bond acceptors (Lipinski definition) is 7. The molecule has 171 valence electrons. The molecule has 0 fully saturated rings. The lowest BCUT2D eigenvalue weighted by atomic mass is 10.0. The summed E-state index contributed by atoms with van der Waals surface area (Å²) in [6.07, 6.45) is 1.49. The second-order valence-electron chi connectivity index (χ2n) is 6.79. The Hall–Kier alpha value is -2.50. The van der Waals surface area contributed by atoms with Crippen molar-refractivity contribution in [2.24, 2.45) is 0 Å². The van der Waals surface area contributed by atoms with Crippen molar-refractivity contribution in [3.8, 4) is 11.5 Å². The van der Waals surface area contributed by atoms with Crippen molar-refractivity contribution in [3.63, 3.8) is 0 Å². The molecule has 11 heteroatoms. The summed E-state index contributed by atoms with van der Waals surface area (Å²) in [5.74, 6) is 0.507.